The summed E-state index contributed by atoms with van der Waals surface area (Å²) in [4.78, 5) is 2.60. The van der Waals surface area contributed by atoms with Crippen LogP contribution in [0.1, 0.15) is 37.7 Å². The largest absolute Gasteiger partial charge is 0.497 e. The molecule has 0 amide bonds. The van der Waals surface area contributed by atoms with Gasteiger partial charge in [0.2, 0.25) is 0 Å². The first kappa shape index (κ1) is 12.8. The number of hydrogen-bond acceptors (Lipinski definition) is 3. The Morgan fingerprint density at radius 1 is 1.26 bits per heavy atom. The van der Waals surface area contributed by atoms with Crippen molar-refractivity contribution in [1.29, 1.82) is 0 Å². The van der Waals surface area contributed by atoms with Gasteiger partial charge in [0.05, 0.1) is 7.11 Å². The fourth-order valence-electron chi connectivity index (χ4n) is 3.86. The van der Waals surface area contributed by atoms with Crippen LogP contribution in [0.25, 0.3) is 0 Å². The first-order valence-electron chi connectivity index (χ1n) is 7.47. The van der Waals surface area contributed by atoms with Crippen LogP contribution in [0, 0.1) is 5.92 Å². The van der Waals surface area contributed by atoms with Crippen molar-refractivity contribution in [3.63, 3.8) is 0 Å². The van der Waals surface area contributed by atoms with Gasteiger partial charge in [-0.05, 0) is 43.2 Å². The van der Waals surface area contributed by atoms with E-state index in [-0.39, 0.29) is 0 Å². The lowest BCUT2D eigenvalue weighted by molar-refractivity contribution is 0.361. The standard InChI is InChI=1S/C16H24N2O/c1-19-14-8-7-13(11-17)16(10-14)18-9-3-5-12-4-2-6-15(12)18/h7-8,10,12,15H,2-6,9,11,17H2,1H3. The molecule has 1 aromatic rings. The fourth-order valence-corrected chi connectivity index (χ4v) is 3.86. The van der Waals surface area contributed by atoms with Crippen molar-refractivity contribution >= 4 is 5.69 Å². The van der Waals surface area contributed by atoms with Gasteiger partial charge in [-0.2, -0.15) is 0 Å². The summed E-state index contributed by atoms with van der Waals surface area (Å²) in [5.41, 5.74) is 8.47. The number of nitrogens with zero attached hydrogens (tertiary/aromatic N) is 1. The molecule has 2 N–H and O–H groups in total. The summed E-state index contributed by atoms with van der Waals surface area (Å²) in [5.74, 6) is 1.83. The van der Waals surface area contributed by atoms with Crippen molar-refractivity contribution < 1.29 is 4.74 Å². The lowest BCUT2D eigenvalue weighted by Crippen LogP contribution is -2.43. The Labute approximate surface area is 115 Å². The third-order valence-electron chi connectivity index (χ3n) is 4.82. The van der Waals surface area contributed by atoms with E-state index >= 15 is 0 Å². The predicted molar refractivity (Wildman–Crippen MR) is 78.6 cm³/mol. The minimum Gasteiger partial charge on any atom is -0.497 e. The molecular formula is C16H24N2O. The average molecular weight is 260 g/mol. The second-order valence-electron chi connectivity index (χ2n) is 5.79. The van der Waals surface area contributed by atoms with E-state index in [1.807, 2.05) is 6.07 Å². The summed E-state index contributed by atoms with van der Waals surface area (Å²) >= 11 is 0. The van der Waals surface area contributed by atoms with Gasteiger partial charge in [-0.15, -0.1) is 0 Å². The Hall–Kier alpha value is -1.22. The number of anilines is 1. The molecule has 2 aliphatic rings. The van der Waals surface area contributed by atoms with Crippen LogP contribution >= 0.6 is 0 Å². The van der Waals surface area contributed by atoms with E-state index in [9.17, 15) is 0 Å². The molecular weight excluding hydrogens is 236 g/mol. The maximum Gasteiger partial charge on any atom is 0.120 e. The van der Waals surface area contributed by atoms with Crippen LogP contribution < -0.4 is 15.4 Å². The molecule has 2 fully saturated rings. The molecule has 0 radical (unpaired) electrons. The molecule has 1 heterocycles. The Balaban J connectivity index is 1.95. The summed E-state index contributed by atoms with van der Waals surface area (Å²) < 4.78 is 5.39. The first-order valence-corrected chi connectivity index (χ1v) is 7.47. The number of hydrogen-bond donors (Lipinski definition) is 1. The molecule has 1 aliphatic carbocycles. The van der Waals surface area contributed by atoms with E-state index in [2.05, 4.69) is 17.0 Å². The maximum absolute atomic E-state index is 5.92. The molecule has 1 aromatic carbocycles. The van der Waals surface area contributed by atoms with Crippen molar-refractivity contribution in [2.24, 2.45) is 11.7 Å². The monoisotopic (exact) mass is 260 g/mol. The van der Waals surface area contributed by atoms with E-state index < -0.39 is 0 Å². The normalized spacial score (nSPS) is 26.3. The number of piperidine rings is 1. The van der Waals surface area contributed by atoms with Crippen LogP contribution in [-0.2, 0) is 6.54 Å². The molecule has 3 rings (SSSR count). The van der Waals surface area contributed by atoms with E-state index in [4.69, 9.17) is 10.5 Å². The Kier molecular flexibility index (Phi) is 3.65. The highest BCUT2D eigenvalue weighted by molar-refractivity contribution is 5.58. The van der Waals surface area contributed by atoms with E-state index in [0.717, 1.165) is 17.7 Å². The third kappa shape index (κ3) is 2.32. The maximum atomic E-state index is 5.92. The lowest BCUT2D eigenvalue weighted by atomic mass is 9.91. The summed E-state index contributed by atoms with van der Waals surface area (Å²) in [5, 5.41) is 0. The Morgan fingerprint density at radius 2 is 2.11 bits per heavy atom. The van der Waals surface area contributed by atoms with E-state index in [0.29, 0.717) is 6.54 Å². The summed E-state index contributed by atoms with van der Waals surface area (Å²) in [6.45, 7) is 1.77. The zero-order chi connectivity index (χ0) is 13.2. The number of methoxy groups -OCH3 is 1. The molecule has 104 valence electrons. The molecule has 3 heteroatoms. The van der Waals surface area contributed by atoms with Crippen molar-refractivity contribution in [2.75, 3.05) is 18.6 Å². The van der Waals surface area contributed by atoms with Gasteiger partial charge in [0.25, 0.3) is 0 Å². The summed E-state index contributed by atoms with van der Waals surface area (Å²) in [6.07, 6.45) is 6.84. The van der Waals surface area contributed by atoms with Crippen LogP contribution in [0.4, 0.5) is 5.69 Å². The summed E-state index contributed by atoms with van der Waals surface area (Å²) in [7, 11) is 1.73. The van der Waals surface area contributed by atoms with Gasteiger partial charge in [0.15, 0.2) is 0 Å². The van der Waals surface area contributed by atoms with Crippen molar-refractivity contribution in [3.8, 4) is 5.75 Å². The smallest absolute Gasteiger partial charge is 0.120 e. The zero-order valence-electron chi connectivity index (χ0n) is 11.8. The quantitative estimate of drug-likeness (QED) is 0.908. The molecule has 2 unspecified atom stereocenters. The highest BCUT2D eigenvalue weighted by Crippen LogP contribution is 2.40. The van der Waals surface area contributed by atoms with Crippen molar-refractivity contribution in [1.82, 2.24) is 0 Å². The van der Waals surface area contributed by atoms with Gasteiger partial charge in [0, 0.05) is 30.9 Å². The van der Waals surface area contributed by atoms with Gasteiger partial charge in [-0.1, -0.05) is 12.5 Å². The van der Waals surface area contributed by atoms with Gasteiger partial charge < -0.3 is 15.4 Å². The fraction of sp³-hybridized carbons (Fsp3) is 0.625. The number of fused-ring (bicyclic) bond motifs is 1. The second-order valence-corrected chi connectivity index (χ2v) is 5.79. The van der Waals surface area contributed by atoms with Crippen LogP contribution in [0.5, 0.6) is 5.75 Å². The minimum absolute atomic E-state index is 0.604. The van der Waals surface area contributed by atoms with E-state index in [1.165, 1.54) is 49.9 Å². The van der Waals surface area contributed by atoms with Gasteiger partial charge in [0.1, 0.15) is 5.75 Å². The highest BCUT2D eigenvalue weighted by atomic mass is 16.5. The van der Waals surface area contributed by atoms with Crippen molar-refractivity contribution in [2.45, 2.75) is 44.7 Å². The average Bonchev–Trinajstić information content (AvgIpc) is 2.94. The van der Waals surface area contributed by atoms with Crippen LogP contribution in [0.2, 0.25) is 0 Å². The third-order valence-corrected chi connectivity index (χ3v) is 4.82. The van der Waals surface area contributed by atoms with E-state index in [1.54, 1.807) is 7.11 Å². The molecule has 0 aromatic heterocycles. The molecule has 0 bridgehead atoms. The minimum atomic E-state index is 0.604. The molecule has 2 atom stereocenters. The first-order chi connectivity index (χ1) is 9.33. The molecule has 1 saturated carbocycles. The van der Waals surface area contributed by atoms with Crippen LogP contribution in [0.3, 0.4) is 0 Å². The van der Waals surface area contributed by atoms with Gasteiger partial charge >= 0.3 is 0 Å². The Morgan fingerprint density at radius 3 is 2.89 bits per heavy atom. The van der Waals surface area contributed by atoms with Crippen molar-refractivity contribution in [3.05, 3.63) is 23.8 Å². The molecule has 3 nitrogen and oxygen atoms in total. The second kappa shape index (κ2) is 5.41. The SMILES string of the molecule is COc1ccc(CN)c(N2CCCC3CCCC32)c1. The van der Waals surface area contributed by atoms with Gasteiger partial charge in [-0.3, -0.25) is 0 Å². The predicted octanol–water partition coefficient (Wildman–Crippen LogP) is 2.92. The number of ether oxygens (including phenoxy) is 1. The molecule has 0 spiro atoms. The highest BCUT2D eigenvalue weighted by Gasteiger charge is 2.35. The lowest BCUT2D eigenvalue weighted by Gasteiger charge is -2.40. The molecule has 1 saturated heterocycles. The van der Waals surface area contributed by atoms with Crippen LogP contribution in [-0.4, -0.2) is 19.7 Å². The molecule has 1 aliphatic heterocycles. The zero-order valence-corrected chi connectivity index (χ0v) is 11.8. The number of rotatable bonds is 3. The number of benzene rings is 1. The Bertz CT molecular complexity index is 446. The van der Waals surface area contributed by atoms with Gasteiger partial charge in [-0.25, -0.2) is 0 Å². The topological polar surface area (TPSA) is 38.5 Å². The number of nitrogens with two attached hydrogens (primary N) is 1. The molecule has 19 heavy (non-hydrogen) atoms. The summed E-state index contributed by atoms with van der Waals surface area (Å²) in [6, 6.07) is 7.03. The van der Waals surface area contributed by atoms with Crippen LogP contribution in [0.15, 0.2) is 18.2 Å².